The standard InChI is InChI=1S/C14H18N4O/c1-2-5-15-10-12-8-14(19)18-13(17-12)7-11-4-3-6-16-9-11/h3-4,6,8-9,15H,2,5,7,10H2,1H3,(H,17,18,19). The van der Waals surface area contributed by atoms with Crippen molar-refractivity contribution in [2.24, 2.45) is 0 Å². The molecule has 0 aliphatic heterocycles. The van der Waals surface area contributed by atoms with E-state index in [0.717, 1.165) is 24.2 Å². The Kier molecular flexibility index (Phi) is 4.80. The van der Waals surface area contributed by atoms with Crippen LogP contribution in [-0.2, 0) is 13.0 Å². The minimum absolute atomic E-state index is 0.109. The lowest BCUT2D eigenvalue weighted by Crippen LogP contribution is -2.19. The van der Waals surface area contributed by atoms with E-state index >= 15 is 0 Å². The molecule has 2 N–H and O–H groups in total. The van der Waals surface area contributed by atoms with Gasteiger partial charge < -0.3 is 10.3 Å². The van der Waals surface area contributed by atoms with Crippen molar-refractivity contribution >= 4 is 0 Å². The van der Waals surface area contributed by atoms with Gasteiger partial charge in [-0.05, 0) is 24.6 Å². The molecule has 0 amide bonds. The molecule has 0 radical (unpaired) electrons. The molecule has 2 aromatic heterocycles. The Hall–Kier alpha value is -2.01. The second-order valence-electron chi connectivity index (χ2n) is 4.40. The molecule has 19 heavy (non-hydrogen) atoms. The molecule has 0 fully saturated rings. The first kappa shape index (κ1) is 13.4. The first-order valence-corrected chi connectivity index (χ1v) is 6.46. The number of nitrogens with zero attached hydrogens (tertiary/aromatic N) is 2. The third-order valence-corrected chi connectivity index (χ3v) is 2.67. The van der Waals surface area contributed by atoms with Crippen molar-refractivity contribution in [1.82, 2.24) is 20.3 Å². The van der Waals surface area contributed by atoms with E-state index in [1.54, 1.807) is 12.4 Å². The minimum atomic E-state index is -0.109. The molecule has 100 valence electrons. The Morgan fingerprint density at radius 2 is 2.32 bits per heavy atom. The fourth-order valence-electron chi connectivity index (χ4n) is 1.83. The largest absolute Gasteiger partial charge is 0.311 e. The van der Waals surface area contributed by atoms with E-state index in [1.165, 1.54) is 6.07 Å². The van der Waals surface area contributed by atoms with Crippen LogP contribution in [0.5, 0.6) is 0 Å². The molecule has 0 bridgehead atoms. The first-order valence-electron chi connectivity index (χ1n) is 6.46. The van der Waals surface area contributed by atoms with E-state index in [9.17, 15) is 4.79 Å². The SMILES string of the molecule is CCCNCc1cc(=O)[nH]c(Cc2cccnc2)n1. The molecule has 0 spiro atoms. The average Bonchev–Trinajstić information content (AvgIpc) is 2.39. The van der Waals surface area contributed by atoms with E-state index in [0.29, 0.717) is 18.8 Å². The topological polar surface area (TPSA) is 70.7 Å². The Bertz CT molecular complexity index is 565. The maximum absolute atomic E-state index is 11.6. The van der Waals surface area contributed by atoms with E-state index in [1.807, 2.05) is 12.1 Å². The molecule has 2 rings (SSSR count). The minimum Gasteiger partial charge on any atom is -0.311 e. The summed E-state index contributed by atoms with van der Waals surface area (Å²) in [5, 5.41) is 3.24. The van der Waals surface area contributed by atoms with E-state index in [-0.39, 0.29) is 5.56 Å². The zero-order valence-electron chi connectivity index (χ0n) is 11.0. The number of aromatic amines is 1. The van der Waals surface area contributed by atoms with Crippen LogP contribution in [0.2, 0.25) is 0 Å². The van der Waals surface area contributed by atoms with Crippen LogP contribution in [0.15, 0.2) is 35.4 Å². The van der Waals surface area contributed by atoms with Crippen molar-refractivity contribution in [3.8, 4) is 0 Å². The summed E-state index contributed by atoms with van der Waals surface area (Å²) in [6.07, 6.45) is 5.16. The molecule has 0 saturated heterocycles. The molecular weight excluding hydrogens is 240 g/mol. The molecule has 0 atom stereocenters. The number of hydrogen-bond donors (Lipinski definition) is 2. The van der Waals surface area contributed by atoms with Gasteiger partial charge in [0.1, 0.15) is 5.82 Å². The maximum Gasteiger partial charge on any atom is 0.251 e. The summed E-state index contributed by atoms with van der Waals surface area (Å²) in [4.78, 5) is 22.9. The molecule has 0 aliphatic carbocycles. The summed E-state index contributed by atoms with van der Waals surface area (Å²) in [6.45, 7) is 3.65. The molecule has 0 saturated carbocycles. The Morgan fingerprint density at radius 1 is 1.42 bits per heavy atom. The van der Waals surface area contributed by atoms with Crippen molar-refractivity contribution in [3.05, 3.63) is 58.0 Å². The van der Waals surface area contributed by atoms with E-state index in [2.05, 4.69) is 27.2 Å². The van der Waals surface area contributed by atoms with Crippen LogP contribution in [0.25, 0.3) is 0 Å². The Balaban J connectivity index is 2.10. The highest BCUT2D eigenvalue weighted by atomic mass is 16.1. The highest BCUT2D eigenvalue weighted by Crippen LogP contribution is 2.02. The van der Waals surface area contributed by atoms with Crippen LogP contribution in [0.4, 0.5) is 0 Å². The van der Waals surface area contributed by atoms with Gasteiger partial charge in [-0.1, -0.05) is 13.0 Å². The van der Waals surface area contributed by atoms with Crippen LogP contribution in [0.3, 0.4) is 0 Å². The lowest BCUT2D eigenvalue weighted by Gasteiger charge is -2.05. The average molecular weight is 258 g/mol. The third-order valence-electron chi connectivity index (χ3n) is 2.67. The van der Waals surface area contributed by atoms with Gasteiger partial charge in [-0.3, -0.25) is 9.78 Å². The van der Waals surface area contributed by atoms with Crippen LogP contribution < -0.4 is 10.9 Å². The second kappa shape index (κ2) is 6.80. The van der Waals surface area contributed by atoms with Gasteiger partial charge in [0.15, 0.2) is 0 Å². The molecular formula is C14H18N4O. The zero-order chi connectivity index (χ0) is 13.5. The van der Waals surface area contributed by atoms with E-state index in [4.69, 9.17) is 0 Å². The molecule has 0 unspecified atom stereocenters. The molecule has 2 heterocycles. The molecule has 2 aromatic rings. The van der Waals surface area contributed by atoms with Gasteiger partial charge in [0.2, 0.25) is 0 Å². The monoisotopic (exact) mass is 258 g/mol. The van der Waals surface area contributed by atoms with Crippen LogP contribution in [0.1, 0.15) is 30.4 Å². The predicted octanol–water partition coefficient (Wildman–Crippen LogP) is 1.26. The first-order chi connectivity index (χ1) is 9.28. The number of H-pyrrole nitrogens is 1. The lowest BCUT2D eigenvalue weighted by molar-refractivity contribution is 0.658. The third kappa shape index (κ3) is 4.30. The number of hydrogen-bond acceptors (Lipinski definition) is 4. The van der Waals surface area contributed by atoms with Gasteiger partial charge in [-0.2, -0.15) is 0 Å². The van der Waals surface area contributed by atoms with Gasteiger partial charge in [0.25, 0.3) is 5.56 Å². The second-order valence-corrected chi connectivity index (χ2v) is 4.40. The van der Waals surface area contributed by atoms with Gasteiger partial charge in [0, 0.05) is 31.4 Å². The van der Waals surface area contributed by atoms with Crippen molar-refractivity contribution in [1.29, 1.82) is 0 Å². The van der Waals surface area contributed by atoms with Gasteiger partial charge in [0.05, 0.1) is 5.69 Å². The summed E-state index contributed by atoms with van der Waals surface area (Å²) in [5.41, 5.74) is 1.70. The summed E-state index contributed by atoms with van der Waals surface area (Å²) < 4.78 is 0. The van der Waals surface area contributed by atoms with Gasteiger partial charge >= 0.3 is 0 Å². The smallest absolute Gasteiger partial charge is 0.251 e. The van der Waals surface area contributed by atoms with Crippen molar-refractivity contribution in [3.63, 3.8) is 0 Å². The van der Waals surface area contributed by atoms with Crippen molar-refractivity contribution in [2.45, 2.75) is 26.3 Å². The fraction of sp³-hybridized carbons (Fsp3) is 0.357. The Labute approximate surface area is 112 Å². The van der Waals surface area contributed by atoms with E-state index < -0.39 is 0 Å². The summed E-state index contributed by atoms with van der Waals surface area (Å²) >= 11 is 0. The maximum atomic E-state index is 11.6. The number of pyridine rings is 1. The van der Waals surface area contributed by atoms with Crippen molar-refractivity contribution in [2.75, 3.05) is 6.54 Å². The lowest BCUT2D eigenvalue weighted by atomic mass is 10.2. The summed E-state index contributed by atoms with van der Waals surface area (Å²) in [5.74, 6) is 0.675. The summed E-state index contributed by atoms with van der Waals surface area (Å²) in [7, 11) is 0. The highest BCUT2D eigenvalue weighted by molar-refractivity contribution is 5.15. The number of rotatable bonds is 6. The van der Waals surface area contributed by atoms with Gasteiger partial charge in [-0.15, -0.1) is 0 Å². The van der Waals surface area contributed by atoms with Crippen molar-refractivity contribution < 1.29 is 0 Å². The van der Waals surface area contributed by atoms with Crippen LogP contribution in [0, 0.1) is 0 Å². The summed E-state index contributed by atoms with van der Waals surface area (Å²) in [6, 6.07) is 5.38. The normalized spacial score (nSPS) is 10.6. The van der Waals surface area contributed by atoms with Crippen LogP contribution in [-0.4, -0.2) is 21.5 Å². The zero-order valence-corrected chi connectivity index (χ0v) is 11.0. The molecule has 5 heteroatoms. The predicted molar refractivity (Wildman–Crippen MR) is 73.9 cm³/mol. The fourth-order valence-corrected chi connectivity index (χ4v) is 1.83. The number of aromatic nitrogens is 3. The number of nitrogens with one attached hydrogen (secondary N) is 2. The molecule has 0 aromatic carbocycles. The highest BCUT2D eigenvalue weighted by Gasteiger charge is 2.02. The quantitative estimate of drug-likeness (QED) is 0.765. The Morgan fingerprint density at radius 3 is 3.05 bits per heavy atom. The van der Waals surface area contributed by atoms with Crippen LogP contribution >= 0.6 is 0 Å². The molecule has 5 nitrogen and oxygen atoms in total. The molecule has 0 aliphatic rings. The van der Waals surface area contributed by atoms with Gasteiger partial charge in [-0.25, -0.2) is 4.98 Å².